The number of aryl methyl sites for hydroxylation is 1. The van der Waals surface area contributed by atoms with Crippen molar-refractivity contribution >= 4 is 27.3 Å². The molecule has 17 heavy (non-hydrogen) atoms. The van der Waals surface area contributed by atoms with Gasteiger partial charge >= 0.3 is 11.7 Å². The number of thiazole rings is 1. The van der Waals surface area contributed by atoms with E-state index in [-0.39, 0.29) is 15.6 Å². The Kier molecular flexibility index (Phi) is 4.11. The molecule has 1 heterocycles. The summed E-state index contributed by atoms with van der Waals surface area (Å²) in [6.07, 6.45) is 0. The number of nitrogens with one attached hydrogen (secondary N) is 1. The maximum Gasteiger partial charge on any atom is 0.350 e. The maximum absolute atomic E-state index is 12.0. The van der Waals surface area contributed by atoms with Crippen LogP contribution in [0.15, 0.2) is 0 Å². The summed E-state index contributed by atoms with van der Waals surface area (Å²) in [5.41, 5.74) is 0.216. The van der Waals surface area contributed by atoms with E-state index in [0.29, 0.717) is 0 Å². The van der Waals surface area contributed by atoms with Crippen LogP contribution in [0.3, 0.4) is 0 Å². The number of nitrogens with zero attached hydrogens (tertiary/aromatic N) is 1. The second kappa shape index (κ2) is 5.02. The van der Waals surface area contributed by atoms with Crippen LogP contribution in [0, 0.1) is 6.92 Å². The molecule has 2 N–H and O–H groups in total. The van der Waals surface area contributed by atoms with Crippen LogP contribution in [0.25, 0.3) is 0 Å². The third kappa shape index (κ3) is 3.41. The number of aromatic nitrogens is 1. The van der Waals surface area contributed by atoms with Crippen LogP contribution in [-0.4, -0.2) is 30.2 Å². The summed E-state index contributed by atoms with van der Waals surface area (Å²) in [5.74, 6) is -4.72. The molecule has 0 radical (unpaired) electrons. The van der Waals surface area contributed by atoms with Crippen molar-refractivity contribution < 1.29 is 27.1 Å². The predicted molar refractivity (Wildman–Crippen MR) is 55.6 cm³/mol. The lowest BCUT2D eigenvalue weighted by Gasteiger charge is -2.02. The van der Waals surface area contributed by atoms with Crippen molar-refractivity contribution in [2.45, 2.75) is 19.2 Å². The molecule has 0 bridgehead atoms. The topological polar surface area (TPSA) is 96.4 Å². The summed E-state index contributed by atoms with van der Waals surface area (Å²) in [6.45, 7) is 0.983. The smallest absolute Gasteiger partial charge is 0.350 e. The third-order valence-electron chi connectivity index (χ3n) is 1.69. The lowest BCUT2D eigenvalue weighted by atomic mass is 10.4. The average molecular weight is 286 g/mol. The fourth-order valence-electron chi connectivity index (χ4n) is 0.952. The Labute approximate surface area is 99.3 Å². The van der Waals surface area contributed by atoms with Crippen molar-refractivity contribution in [3.63, 3.8) is 0 Å². The van der Waals surface area contributed by atoms with Gasteiger partial charge in [-0.25, -0.2) is 22.9 Å². The van der Waals surface area contributed by atoms with Crippen molar-refractivity contribution in [1.29, 1.82) is 0 Å². The maximum atomic E-state index is 12.0. The second-order valence-electron chi connectivity index (χ2n) is 2.95. The normalized spacial score (nSPS) is 12.0. The number of sulfonamides is 1. The molecule has 6 nitrogen and oxygen atoms in total. The number of alkyl halides is 2. The molecule has 0 aliphatic heterocycles. The van der Waals surface area contributed by atoms with Gasteiger partial charge in [-0.1, -0.05) is 0 Å². The third-order valence-corrected chi connectivity index (χ3v) is 3.86. The van der Waals surface area contributed by atoms with Crippen LogP contribution in [-0.2, 0) is 16.6 Å². The van der Waals surface area contributed by atoms with Crippen LogP contribution in [0.5, 0.6) is 0 Å². The molecule has 0 spiro atoms. The predicted octanol–water partition coefficient (Wildman–Crippen LogP) is 0.792. The molecule has 1 aromatic rings. The van der Waals surface area contributed by atoms with E-state index in [1.165, 1.54) is 6.92 Å². The Hall–Kier alpha value is -1.13. The van der Waals surface area contributed by atoms with Crippen LogP contribution in [0.4, 0.5) is 8.78 Å². The largest absolute Gasteiger partial charge is 0.477 e. The fourth-order valence-corrected chi connectivity index (χ4v) is 2.35. The van der Waals surface area contributed by atoms with Gasteiger partial charge in [0.2, 0.25) is 0 Å². The average Bonchev–Trinajstić information content (AvgIpc) is 2.57. The second-order valence-corrected chi connectivity index (χ2v) is 5.77. The molecule has 0 amide bonds. The number of hydrogen-bond donors (Lipinski definition) is 2. The first-order valence-corrected chi connectivity index (χ1v) is 6.56. The number of carbonyl (C=O) groups is 1. The van der Waals surface area contributed by atoms with Crippen LogP contribution in [0.1, 0.15) is 20.4 Å². The number of halogens is 2. The highest BCUT2D eigenvalue weighted by Gasteiger charge is 2.24. The molecule has 0 saturated carbocycles. The van der Waals surface area contributed by atoms with Crippen molar-refractivity contribution in [2.75, 3.05) is 0 Å². The first kappa shape index (κ1) is 13.9. The Morgan fingerprint density at radius 2 is 2.18 bits per heavy atom. The molecule has 96 valence electrons. The highest BCUT2D eigenvalue weighted by molar-refractivity contribution is 7.89. The van der Waals surface area contributed by atoms with Crippen LogP contribution in [0.2, 0.25) is 0 Å². The van der Waals surface area contributed by atoms with Gasteiger partial charge < -0.3 is 5.11 Å². The minimum atomic E-state index is -4.68. The highest BCUT2D eigenvalue weighted by Crippen LogP contribution is 2.18. The zero-order valence-corrected chi connectivity index (χ0v) is 10.1. The van der Waals surface area contributed by atoms with E-state index in [9.17, 15) is 22.0 Å². The lowest BCUT2D eigenvalue weighted by Crippen LogP contribution is -2.28. The first-order valence-electron chi connectivity index (χ1n) is 4.20. The zero-order chi connectivity index (χ0) is 13.2. The summed E-state index contributed by atoms with van der Waals surface area (Å²) in [6, 6.07) is 0. The molecule has 0 atom stereocenters. The van der Waals surface area contributed by atoms with Gasteiger partial charge in [-0.05, 0) is 6.92 Å². The van der Waals surface area contributed by atoms with Crippen molar-refractivity contribution in [3.8, 4) is 0 Å². The van der Waals surface area contributed by atoms with E-state index < -0.39 is 28.3 Å². The monoisotopic (exact) mass is 286 g/mol. The minimum absolute atomic E-state index is 0.0451. The van der Waals surface area contributed by atoms with E-state index in [4.69, 9.17) is 5.11 Å². The molecule has 1 rings (SSSR count). The molecule has 0 fully saturated rings. The van der Waals surface area contributed by atoms with E-state index >= 15 is 0 Å². The Balaban J connectivity index is 2.78. The summed E-state index contributed by atoms with van der Waals surface area (Å²) < 4.78 is 47.0. The lowest BCUT2D eigenvalue weighted by molar-refractivity contribution is 0.0701. The van der Waals surface area contributed by atoms with Crippen molar-refractivity contribution in [2.24, 2.45) is 0 Å². The van der Waals surface area contributed by atoms with Gasteiger partial charge in [-0.15, -0.1) is 11.3 Å². The Bertz CT molecular complexity index is 526. The Morgan fingerprint density at radius 1 is 1.59 bits per heavy atom. The summed E-state index contributed by atoms with van der Waals surface area (Å²) in [5, 5.41) is 8.82. The van der Waals surface area contributed by atoms with Crippen molar-refractivity contribution in [3.05, 3.63) is 15.6 Å². The highest BCUT2D eigenvalue weighted by atomic mass is 32.2. The summed E-state index contributed by atoms with van der Waals surface area (Å²) >= 11 is 0.738. The number of aromatic carboxylic acids is 1. The van der Waals surface area contributed by atoms with Gasteiger partial charge in [-0.3, -0.25) is 0 Å². The molecule has 0 aromatic carbocycles. The van der Waals surface area contributed by atoms with Gasteiger partial charge in [0.05, 0.1) is 12.2 Å². The number of carboxylic acids is 1. The number of rotatable bonds is 5. The molecular formula is C7H8F2N2O4S2. The van der Waals surface area contributed by atoms with Gasteiger partial charge in [0.25, 0.3) is 10.0 Å². The molecule has 0 aliphatic rings. The molecule has 0 unspecified atom stereocenters. The van der Waals surface area contributed by atoms with E-state index in [0.717, 1.165) is 11.3 Å². The number of carboxylic acid groups (broad SMARTS) is 1. The molecule has 0 saturated heterocycles. The molecule has 10 heteroatoms. The van der Waals surface area contributed by atoms with Crippen molar-refractivity contribution in [1.82, 2.24) is 9.71 Å². The van der Waals surface area contributed by atoms with Gasteiger partial charge in [-0.2, -0.15) is 8.78 Å². The molecule has 1 aromatic heterocycles. The summed E-state index contributed by atoms with van der Waals surface area (Å²) in [7, 11) is -4.68. The SMILES string of the molecule is Cc1nc(CNS(=O)(=O)C(F)F)sc1C(=O)O. The van der Waals surface area contributed by atoms with Crippen LogP contribution < -0.4 is 4.72 Å². The van der Waals surface area contributed by atoms with E-state index in [1.807, 2.05) is 0 Å². The standard InChI is InChI=1S/C7H8F2N2O4S2/c1-3-5(6(12)13)16-4(11-3)2-10-17(14,15)7(8)9/h7,10H,2H2,1H3,(H,12,13). The summed E-state index contributed by atoms with van der Waals surface area (Å²) in [4.78, 5) is 14.4. The van der Waals surface area contributed by atoms with E-state index in [1.54, 1.807) is 4.72 Å². The van der Waals surface area contributed by atoms with Gasteiger partial charge in [0.15, 0.2) is 0 Å². The quantitative estimate of drug-likeness (QED) is 0.834. The van der Waals surface area contributed by atoms with Gasteiger partial charge in [0, 0.05) is 0 Å². The molecular weight excluding hydrogens is 278 g/mol. The zero-order valence-electron chi connectivity index (χ0n) is 8.48. The molecule has 0 aliphatic carbocycles. The van der Waals surface area contributed by atoms with E-state index in [2.05, 4.69) is 4.98 Å². The fraction of sp³-hybridized carbons (Fsp3) is 0.429. The van der Waals surface area contributed by atoms with Crippen LogP contribution >= 0.6 is 11.3 Å². The first-order chi connectivity index (χ1) is 7.74. The Morgan fingerprint density at radius 3 is 2.59 bits per heavy atom. The minimum Gasteiger partial charge on any atom is -0.477 e. The van der Waals surface area contributed by atoms with Gasteiger partial charge in [0.1, 0.15) is 9.88 Å². The number of hydrogen-bond acceptors (Lipinski definition) is 5.